The maximum atomic E-state index is 11.7. The molecule has 0 radical (unpaired) electrons. The van der Waals surface area contributed by atoms with Gasteiger partial charge in [-0.1, -0.05) is 30.1 Å². The number of pyridine rings is 1. The van der Waals surface area contributed by atoms with Crippen LogP contribution in [0.25, 0.3) is 22.5 Å². The number of carbonyl (C=O) groups is 1. The Bertz CT molecular complexity index is 1490. The molecule has 41 heavy (non-hydrogen) atoms. The maximum Gasteiger partial charge on any atom is 0.248 e. The number of piperidine rings is 1. The minimum atomic E-state index is -0.424. The first-order valence-electron chi connectivity index (χ1n) is 14.6. The van der Waals surface area contributed by atoms with Crippen LogP contribution >= 0.6 is 0 Å². The van der Waals surface area contributed by atoms with Crippen LogP contribution in [0.5, 0.6) is 0 Å². The minimum absolute atomic E-state index is 0.302. The number of hydrogen-bond acceptors (Lipinski definition) is 8. The molecule has 6 rings (SSSR count). The van der Waals surface area contributed by atoms with E-state index in [2.05, 4.69) is 61.0 Å². The van der Waals surface area contributed by atoms with Gasteiger partial charge in [-0.25, -0.2) is 4.98 Å². The fraction of sp³-hybridized carbons (Fsp3) is 0.375. The molecule has 2 aliphatic rings. The number of carbonyl (C=O) groups excluding carboxylic acids is 1. The summed E-state index contributed by atoms with van der Waals surface area (Å²) in [5.74, 6) is 1.63. The monoisotopic (exact) mass is 551 g/mol. The number of rotatable bonds is 8. The van der Waals surface area contributed by atoms with Crippen molar-refractivity contribution in [3.8, 4) is 22.5 Å². The number of nitrogens with zero attached hydrogens (tertiary/aromatic N) is 4. The molecule has 0 bridgehead atoms. The van der Waals surface area contributed by atoms with E-state index in [1.807, 2.05) is 30.5 Å². The Balaban J connectivity index is 1.10. The SMILES string of the molecule is Cc1nc(-c2ccc(N3CCC[C@H](N[C@@H]4CCCC[C@H]4Nc4cc(-c5cccc(C(N)=O)c5)ccn4)C3)cc2)no1. The predicted octanol–water partition coefficient (Wildman–Crippen LogP) is 5.19. The molecule has 2 aromatic heterocycles. The zero-order valence-corrected chi connectivity index (χ0v) is 23.4. The Kier molecular flexibility index (Phi) is 7.95. The first-order valence-corrected chi connectivity index (χ1v) is 14.6. The van der Waals surface area contributed by atoms with E-state index < -0.39 is 5.91 Å². The van der Waals surface area contributed by atoms with Gasteiger partial charge in [-0.05, 0) is 85.3 Å². The second kappa shape index (κ2) is 12.1. The van der Waals surface area contributed by atoms with Crippen LogP contribution in [0.1, 0.15) is 54.8 Å². The molecule has 9 nitrogen and oxygen atoms in total. The van der Waals surface area contributed by atoms with Crippen molar-refractivity contribution in [1.82, 2.24) is 20.4 Å². The summed E-state index contributed by atoms with van der Waals surface area (Å²) >= 11 is 0. The molecule has 0 unspecified atom stereocenters. The highest BCUT2D eigenvalue weighted by Crippen LogP contribution is 2.28. The van der Waals surface area contributed by atoms with Crippen LogP contribution in [-0.2, 0) is 0 Å². The van der Waals surface area contributed by atoms with Crippen molar-refractivity contribution in [2.75, 3.05) is 23.3 Å². The molecule has 212 valence electrons. The van der Waals surface area contributed by atoms with E-state index in [1.54, 1.807) is 13.0 Å². The molecule has 3 heterocycles. The van der Waals surface area contributed by atoms with Gasteiger partial charge in [0.1, 0.15) is 5.82 Å². The number of nitrogens with two attached hydrogens (primary N) is 1. The van der Waals surface area contributed by atoms with Gasteiger partial charge in [-0.2, -0.15) is 4.98 Å². The lowest BCUT2D eigenvalue weighted by Crippen LogP contribution is -2.54. The molecule has 0 spiro atoms. The average molecular weight is 552 g/mol. The van der Waals surface area contributed by atoms with E-state index in [1.165, 1.54) is 24.9 Å². The number of amides is 1. The average Bonchev–Trinajstić information content (AvgIpc) is 3.45. The van der Waals surface area contributed by atoms with E-state index in [0.717, 1.165) is 54.9 Å². The van der Waals surface area contributed by atoms with Crippen LogP contribution in [0.4, 0.5) is 11.5 Å². The molecule has 3 atom stereocenters. The zero-order valence-electron chi connectivity index (χ0n) is 23.4. The number of hydrogen-bond donors (Lipinski definition) is 3. The molecule has 4 aromatic rings. The largest absolute Gasteiger partial charge is 0.370 e. The second-order valence-corrected chi connectivity index (χ2v) is 11.2. The second-order valence-electron chi connectivity index (χ2n) is 11.2. The molecule has 1 aliphatic carbocycles. The van der Waals surface area contributed by atoms with Gasteiger partial charge in [-0.15, -0.1) is 0 Å². The highest BCUT2D eigenvalue weighted by atomic mass is 16.5. The van der Waals surface area contributed by atoms with Crippen molar-refractivity contribution >= 4 is 17.4 Å². The van der Waals surface area contributed by atoms with Crippen LogP contribution in [-0.4, -0.2) is 52.2 Å². The summed E-state index contributed by atoms with van der Waals surface area (Å²) in [5.41, 5.74) is 10.1. The van der Waals surface area contributed by atoms with Gasteiger partial charge in [-0.3, -0.25) is 4.79 Å². The van der Waals surface area contributed by atoms with Gasteiger partial charge in [0.2, 0.25) is 17.6 Å². The third kappa shape index (κ3) is 6.41. The van der Waals surface area contributed by atoms with Gasteiger partial charge in [0.15, 0.2) is 0 Å². The predicted molar refractivity (Wildman–Crippen MR) is 161 cm³/mol. The van der Waals surface area contributed by atoms with Crippen molar-refractivity contribution < 1.29 is 9.32 Å². The van der Waals surface area contributed by atoms with Crippen molar-refractivity contribution in [1.29, 1.82) is 0 Å². The van der Waals surface area contributed by atoms with Crippen molar-refractivity contribution in [2.24, 2.45) is 5.73 Å². The highest BCUT2D eigenvalue weighted by molar-refractivity contribution is 5.94. The Hall–Kier alpha value is -4.24. The minimum Gasteiger partial charge on any atom is -0.370 e. The first-order chi connectivity index (χ1) is 20.0. The summed E-state index contributed by atoms with van der Waals surface area (Å²) in [6.07, 6.45) is 8.84. The summed E-state index contributed by atoms with van der Waals surface area (Å²) in [7, 11) is 0. The van der Waals surface area contributed by atoms with E-state index in [0.29, 0.717) is 35.4 Å². The van der Waals surface area contributed by atoms with Crippen molar-refractivity contribution in [2.45, 2.75) is 63.6 Å². The van der Waals surface area contributed by atoms with Gasteiger partial charge in [0.25, 0.3) is 0 Å². The Morgan fingerprint density at radius 2 is 1.76 bits per heavy atom. The van der Waals surface area contributed by atoms with E-state index in [-0.39, 0.29) is 0 Å². The molecule has 9 heteroatoms. The summed E-state index contributed by atoms with van der Waals surface area (Å²) in [4.78, 5) is 23.1. The third-order valence-corrected chi connectivity index (χ3v) is 8.23. The summed E-state index contributed by atoms with van der Waals surface area (Å²) in [5, 5.41) is 11.8. The lowest BCUT2D eigenvalue weighted by Gasteiger charge is -2.40. The van der Waals surface area contributed by atoms with E-state index >= 15 is 0 Å². The van der Waals surface area contributed by atoms with Crippen LogP contribution in [0.3, 0.4) is 0 Å². The van der Waals surface area contributed by atoms with Gasteiger partial charge in [0.05, 0.1) is 0 Å². The molecular formula is C32H37N7O2. The van der Waals surface area contributed by atoms with E-state index in [9.17, 15) is 4.79 Å². The lowest BCUT2D eigenvalue weighted by molar-refractivity contribution is 0.100. The fourth-order valence-electron chi connectivity index (χ4n) is 6.12. The van der Waals surface area contributed by atoms with Crippen LogP contribution in [0.2, 0.25) is 0 Å². The molecule has 2 fully saturated rings. The molecule has 2 aromatic carbocycles. The zero-order chi connectivity index (χ0) is 28.2. The van der Waals surface area contributed by atoms with Gasteiger partial charge >= 0.3 is 0 Å². The smallest absolute Gasteiger partial charge is 0.248 e. The molecule has 1 saturated heterocycles. The first kappa shape index (κ1) is 27.0. The number of anilines is 2. The Morgan fingerprint density at radius 3 is 2.54 bits per heavy atom. The quantitative estimate of drug-likeness (QED) is 0.274. The molecule has 1 saturated carbocycles. The Morgan fingerprint density at radius 1 is 0.951 bits per heavy atom. The number of primary amides is 1. The molecule has 1 aliphatic heterocycles. The van der Waals surface area contributed by atoms with Crippen LogP contribution in [0, 0.1) is 6.92 Å². The summed E-state index contributed by atoms with van der Waals surface area (Å²) in [6.45, 7) is 3.84. The molecule has 1 amide bonds. The number of aryl methyl sites for hydroxylation is 1. The number of benzene rings is 2. The Labute approximate surface area is 240 Å². The van der Waals surface area contributed by atoms with Gasteiger partial charge in [0, 0.05) is 61.1 Å². The van der Waals surface area contributed by atoms with Crippen molar-refractivity contribution in [3.63, 3.8) is 0 Å². The summed E-state index contributed by atoms with van der Waals surface area (Å²) in [6, 6.07) is 21.0. The van der Waals surface area contributed by atoms with Crippen LogP contribution < -0.4 is 21.3 Å². The highest BCUT2D eigenvalue weighted by Gasteiger charge is 2.29. The fourth-order valence-corrected chi connectivity index (χ4v) is 6.12. The number of nitrogens with one attached hydrogen (secondary N) is 2. The normalized spacial score (nSPS) is 21.0. The third-order valence-electron chi connectivity index (χ3n) is 8.23. The van der Waals surface area contributed by atoms with E-state index in [4.69, 9.17) is 10.3 Å². The van der Waals surface area contributed by atoms with Crippen molar-refractivity contribution in [3.05, 3.63) is 78.3 Å². The standard InChI is InChI=1S/C32H37N7O2/c1-21-35-32(38-41-21)22-11-13-27(14-12-22)39-17-5-8-26(20-39)36-28-9-2-3-10-29(28)37-30-19-24(15-16-34-30)23-6-4-7-25(18-23)31(33)40/h4,6-7,11-16,18-19,26,28-29,36H,2-3,5,8-10,17,20H2,1H3,(H2,33,40)(H,34,37)/t26-,28+,29+/m0/s1. The summed E-state index contributed by atoms with van der Waals surface area (Å²) < 4.78 is 5.13. The topological polar surface area (TPSA) is 122 Å². The molecule has 4 N–H and O–H groups in total. The maximum absolute atomic E-state index is 11.7. The number of aromatic nitrogens is 3. The molecular weight excluding hydrogens is 514 g/mol. The lowest BCUT2D eigenvalue weighted by atomic mass is 9.89. The van der Waals surface area contributed by atoms with Gasteiger partial charge < -0.3 is 25.8 Å². The van der Waals surface area contributed by atoms with Crippen LogP contribution in [0.15, 0.2) is 71.4 Å².